The van der Waals surface area contributed by atoms with E-state index in [1.807, 2.05) is 6.07 Å². The second-order valence-corrected chi connectivity index (χ2v) is 3.17. The molecule has 0 saturated heterocycles. The molecule has 2 aromatic rings. The minimum atomic E-state index is -0.696. The summed E-state index contributed by atoms with van der Waals surface area (Å²) in [5, 5.41) is 0. The molecule has 0 unspecified atom stereocenters. The summed E-state index contributed by atoms with van der Waals surface area (Å²) in [6.07, 6.45) is 1.94. The van der Waals surface area contributed by atoms with Gasteiger partial charge in [0.1, 0.15) is 0 Å². The van der Waals surface area contributed by atoms with Crippen LogP contribution in [0.5, 0.6) is 0 Å². The maximum Gasteiger partial charge on any atom is 0.0626 e. The number of nitrogens with zero attached hydrogens (tertiary/aromatic N) is 1. The fourth-order valence-electron chi connectivity index (χ4n) is 1.29. The van der Waals surface area contributed by atoms with Gasteiger partial charge in [0, 0.05) is 24.4 Å². The van der Waals surface area contributed by atoms with Gasteiger partial charge in [-0.05, 0) is 17.7 Å². The maximum atomic E-state index is 7.86. The average molecular weight is 203 g/mol. The molecule has 2 nitrogen and oxygen atoms in total. The summed E-state index contributed by atoms with van der Waals surface area (Å²) in [6.45, 7) is 0. The molecule has 2 N–H and O–H groups in total. The number of benzene rings is 1. The highest BCUT2D eigenvalue weighted by Crippen LogP contribution is 2.13. The van der Waals surface area contributed by atoms with Gasteiger partial charge >= 0.3 is 0 Å². The quantitative estimate of drug-likeness (QED) is 0.831. The lowest BCUT2D eigenvalue weighted by molar-refractivity contribution is 0.707. The average Bonchev–Trinajstić information content (AvgIpc) is 2.44. The topological polar surface area (TPSA) is 38.9 Å². The summed E-state index contributed by atoms with van der Waals surface area (Å²) >= 11 is 0. The molecule has 0 amide bonds. The first-order chi connectivity index (χ1) is 9.43. The van der Waals surface area contributed by atoms with Gasteiger partial charge in [0.15, 0.2) is 0 Å². The fraction of sp³-hybridized carbons (Fsp3) is 0.154. The van der Waals surface area contributed by atoms with Crippen molar-refractivity contribution in [3.8, 4) is 0 Å². The van der Waals surface area contributed by atoms with Crippen LogP contribution in [0.3, 0.4) is 0 Å². The first-order valence-corrected chi connectivity index (χ1v) is 4.65. The number of hydrogen-bond donors (Lipinski definition) is 1. The van der Waals surface area contributed by atoms with E-state index in [9.17, 15) is 0 Å². The Labute approximate surface area is 96.8 Å². The van der Waals surface area contributed by atoms with Gasteiger partial charge in [-0.25, -0.2) is 0 Å². The molecule has 15 heavy (non-hydrogen) atoms. The Balaban J connectivity index is 2.42. The Hall–Kier alpha value is -1.67. The maximum absolute atomic E-state index is 7.86. The Morgan fingerprint density at radius 3 is 2.73 bits per heavy atom. The monoisotopic (exact) mass is 203 g/mol. The van der Waals surface area contributed by atoms with Gasteiger partial charge in [-0.3, -0.25) is 4.98 Å². The molecule has 1 atom stereocenters. The summed E-state index contributed by atoms with van der Waals surface area (Å²) in [7, 11) is 0. The molecule has 2 heteroatoms. The Morgan fingerprint density at radius 1 is 1.27 bits per heavy atom. The van der Waals surface area contributed by atoms with Crippen LogP contribution in [0.4, 0.5) is 0 Å². The van der Waals surface area contributed by atoms with Crippen LogP contribution in [0, 0.1) is 0 Å². The van der Waals surface area contributed by atoms with E-state index in [-0.39, 0.29) is 29.7 Å². The lowest BCUT2D eigenvalue weighted by atomic mass is 10.0. The van der Waals surface area contributed by atoms with Crippen LogP contribution in [0.25, 0.3) is 0 Å². The molecule has 1 heterocycles. The summed E-state index contributed by atoms with van der Waals surface area (Å²) in [5.41, 5.74) is 6.85. The standard InChI is InChI=1S/C13H14N2/c14-13(11-6-2-1-3-7-11)10-12-8-4-5-9-15-12/h1-9,13H,10,14H2/t13-/m0/s1/i1D,2D,3D,6D,7D. The molecule has 0 saturated carbocycles. The Bertz CT molecular complexity index is 601. The second kappa shape index (κ2) is 4.71. The van der Waals surface area contributed by atoms with Crippen LogP contribution in [-0.2, 0) is 6.42 Å². The van der Waals surface area contributed by atoms with Crippen molar-refractivity contribution < 1.29 is 6.85 Å². The van der Waals surface area contributed by atoms with Gasteiger partial charge in [-0.15, -0.1) is 0 Å². The predicted molar refractivity (Wildman–Crippen MR) is 61.3 cm³/mol. The van der Waals surface area contributed by atoms with E-state index in [4.69, 9.17) is 12.6 Å². The van der Waals surface area contributed by atoms with Crippen molar-refractivity contribution in [2.24, 2.45) is 5.73 Å². The van der Waals surface area contributed by atoms with Crippen LogP contribution in [-0.4, -0.2) is 4.98 Å². The van der Waals surface area contributed by atoms with Gasteiger partial charge in [-0.1, -0.05) is 36.3 Å². The number of pyridine rings is 1. The smallest absolute Gasteiger partial charge is 0.0626 e. The SMILES string of the molecule is [2H]c1c([2H])c([2H])c([C@@H](N)Cc2ccccn2)c([2H])c1[2H]. The van der Waals surface area contributed by atoms with E-state index in [0.717, 1.165) is 0 Å². The molecule has 1 aromatic heterocycles. The molecule has 0 aliphatic carbocycles. The van der Waals surface area contributed by atoms with Gasteiger partial charge in [0.25, 0.3) is 0 Å². The van der Waals surface area contributed by atoms with E-state index in [1.54, 1.807) is 18.3 Å². The molecular formula is C13H14N2. The number of rotatable bonds is 3. The van der Waals surface area contributed by atoms with Gasteiger partial charge in [0.2, 0.25) is 0 Å². The molecule has 0 fully saturated rings. The van der Waals surface area contributed by atoms with E-state index in [1.165, 1.54) is 0 Å². The fourth-order valence-corrected chi connectivity index (χ4v) is 1.29. The van der Waals surface area contributed by atoms with Crippen molar-refractivity contribution in [2.75, 3.05) is 0 Å². The van der Waals surface area contributed by atoms with Crippen LogP contribution in [0.1, 0.15) is 24.2 Å². The normalized spacial score (nSPS) is 17.0. The van der Waals surface area contributed by atoms with Gasteiger partial charge in [0.05, 0.1) is 6.85 Å². The third-order valence-electron chi connectivity index (χ3n) is 2.05. The molecule has 0 bridgehead atoms. The number of aromatic nitrogens is 1. The van der Waals surface area contributed by atoms with Crippen LogP contribution in [0.15, 0.2) is 54.6 Å². The van der Waals surface area contributed by atoms with Crippen molar-refractivity contribution in [1.29, 1.82) is 0 Å². The zero-order valence-electron chi connectivity index (χ0n) is 13.1. The zero-order valence-corrected chi connectivity index (χ0v) is 8.12. The molecule has 0 aliphatic heterocycles. The molecule has 76 valence electrons. The van der Waals surface area contributed by atoms with Gasteiger partial charge < -0.3 is 5.73 Å². The Morgan fingerprint density at radius 2 is 2.07 bits per heavy atom. The molecule has 2 rings (SSSR count). The Kier molecular flexibility index (Phi) is 1.70. The lowest BCUT2D eigenvalue weighted by Gasteiger charge is -2.10. The van der Waals surface area contributed by atoms with E-state index < -0.39 is 12.1 Å². The summed E-state index contributed by atoms with van der Waals surface area (Å²) in [4.78, 5) is 4.13. The largest absolute Gasteiger partial charge is 0.324 e. The first kappa shape index (κ1) is 5.42. The lowest BCUT2D eigenvalue weighted by Crippen LogP contribution is -2.13. The van der Waals surface area contributed by atoms with Crippen molar-refractivity contribution in [3.63, 3.8) is 0 Å². The number of hydrogen-bond acceptors (Lipinski definition) is 2. The summed E-state index contributed by atoms with van der Waals surface area (Å²) in [6, 6.07) is 3.05. The third-order valence-corrected chi connectivity index (χ3v) is 2.05. The minimum Gasteiger partial charge on any atom is -0.324 e. The van der Waals surface area contributed by atoms with Gasteiger partial charge in [-0.2, -0.15) is 0 Å². The molecule has 1 aromatic carbocycles. The van der Waals surface area contributed by atoms with E-state index in [0.29, 0.717) is 12.1 Å². The summed E-state index contributed by atoms with van der Waals surface area (Å²) in [5.74, 6) is 0. The highest BCUT2D eigenvalue weighted by molar-refractivity contribution is 5.20. The predicted octanol–water partition coefficient (Wildman–Crippen LogP) is 2.32. The van der Waals surface area contributed by atoms with Crippen molar-refractivity contribution in [1.82, 2.24) is 4.98 Å². The van der Waals surface area contributed by atoms with Crippen LogP contribution < -0.4 is 5.73 Å². The van der Waals surface area contributed by atoms with Crippen LogP contribution in [0.2, 0.25) is 0 Å². The highest BCUT2D eigenvalue weighted by Gasteiger charge is 2.06. The minimum absolute atomic E-state index is 0.127. The van der Waals surface area contributed by atoms with Crippen LogP contribution >= 0.6 is 0 Å². The van der Waals surface area contributed by atoms with Crippen molar-refractivity contribution in [3.05, 3.63) is 65.9 Å². The van der Waals surface area contributed by atoms with Crippen molar-refractivity contribution in [2.45, 2.75) is 12.5 Å². The zero-order chi connectivity index (χ0) is 14.9. The molecular weight excluding hydrogens is 184 g/mol. The summed E-state index contributed by atoms with van der Waals surface area (Å²) < 4.78 is 38.5. The second-order valence-electron chi connectivity index (χ2n) is 3.17. The molecule has 0 radical (unpaired) electrons. The third kappa shape index (κ3) is 2.64. The highest BCUT2D eigenvalue weighted by atomic mass is 14.7. The number of nitrogens with two attached hydrogens (primary N) is 1. The van der Waals surface area contributed by atoms with E-state index >= 15 is 0 Å². The molecule has 0 spiro atoms. The van der Waals surface area contributed by atoms with Crippen molar-refractivity contribution >= 4 is 0 Å². The molecule has 0 aliphatic rings. The first-order valence-electron chi connectivity index (χ1n) is 7.15. The van der Waals surface area contributed by atoms with E-state index in [2.05, 4.69) is 4.98 Å².